The molecule has 1 aromatic carbocycles. The van der Waals surface area contributed by atoms with Crippen molar-refractivity contribution >= 4 is 50.1 Å². The van der Waals surface area contributed by atoms with E-state index in [0.29, 0.717) is 5.13 Å². The van der Waals surface area contributed by atoms with Gasteiger partial charge in [-0.25, -0.2) is 0 Å². The van der Waals surface area contributed by atoms with Gasteiger partial charge in [-0.2, -0.15) is 0 Å². The van der Waals surface area contributed by atoms with Gasteiger partial charge in [-0.05, 0) is 31.5 Å². The molecule has 1 N–H and O–H groups in total. The molecule has 0 fully saturated rings. The average Bonchev–Trinajstić information content (AvgIpc) is 2.83. The summed E-state index contributed by atoms with van der Waals surface area (Å²) in [6.45, 7) is 3.76. The fraction of sp³-hybridized carbons (Fsp3) is 0.308. The van der Waals surface area contributed by atoms with E-state index in [4.69, 9.17) is 0 Å². The molecule has 0 aliphatic rings. The third-order valence-electron chi connectivity index (χ3n) is 2.54. The SMILES string of the molecule is Cc1nnc(NC(=O)[C@@H](C)SCc2ccc(Br)cc2)s1. The molecule has 106 valence electrons. The number of carbonyl (C=O) groups excluding carboxylic acids is 1. The van der Waals surface area contributed by atoms with Gasteiger partial charge in [-0.1, -0.05) is 39.4 Å². The zero-order valence-corrected chi connectivity index (χ0v) is 14.3. The number of hydrogen-bond acceptors (Lipinski definition) is 5. The number of aromatic nitrogens is 2. The number of benzene rings is 1. The van der Waals surface area contributed by atoms with Gasteiger partial charge in [0.05, 0.1) is 5.25 Å². The number of carbonyl (C=O) groups is 1. The summed E-state index contributed by atoms with van der Waals surface area (Å²) in [5.41, 5.74) is 1.20. The highest BCUT2D eigenvalue weighted by molar-refractivity contribution is 9.10. The Hall–Kier alpha value is -0.920. The Balaban J connectivity index is 1.83. The lowest BCUT2D eigenvalue weighted by Crippen LogP contribution is -2.22. The minimum Gasteiger partial charge on any atom is -0.300 e. The van der Waals surface area contributed by atoms with E-state index in [9.17, 15) is 4.79 Å². The van der Waals surface area contributed by atoms with Crippen molar-refractivity contribution < 1.29 is 4.79 Å². The summed E-state index contributed by atoms with van der Waals surface area (Å²) in [6.07, 6.45) is 0. The van der Waals surface area contributed by atoms with Crippen molar-refractivity contribution in [3.05, 3.63) is 39.3 Å². The Kier molecular flexibility index (Phi) is 5.56. The number of nitrogens with zero attached hydrogens (tertiary/aromatic N) is 2. The van der Waals surface area contributed by atoms with Crippen molar-refractivity contribution in [2.24, 2.45) is 0 Å². The molecule has 0 aliphatic heterocycles. The second-order valence-corrected chi connectivity index (χ2v) is 7.62. The Labute approximate surface area is 134 Å². The van der Waals surface area contributed by atoms with Crippen LogP contribution in [0, 0.1) is 6.92 Å². The lowest BCUT2D eigenvalue weighted by Gasteiger charge is -2.10. The van der Waals surface area contributed by atoms with E-state index in [1.807, 2.05) is 26.0 Å². The van der Waals surface area contributed by atoms with E-state index in [2.05, 4.69) is 43.6 Å². The minimum atomic E-state index is -0.136. The van der Waals surface area contributed by atoms with Gasteiger partial charge in [0.25, 0.3) is 0 Å². The average molecular weight is 372 g/mol. The molecule has 0 saturated carbocycles. The number of halogens is 1. The van der Waals surface area contributed by atoms with Crippen LogP contribution < -0.4 is 5.32 Å². The maximum atomic E-state index is 12.0. The highest BCUT2D eigenvalue weighted by atomic mass is 79.9. The number of nitrogens with one attached hydrogen (secondary N) is 1. The van der Waals surface area contributed by atoms with E-state index in [-0.39, 0.29) is 11.2 Å². The van der Waals surface area contributed by atoms with E-state index in [0.717, 1.165) is 15.2 Å². The van der Waals surface area contributed by atoms with Crippen molar-refractivity contribution in [3.8, 4) is 0 Å². The summed E-state index contributed by atoms with van der Waals surface area (Å²) in [5, 5.41) is 11.8. The van der Waals surface area contributed by atoms with E-state index >= 15 is 0 Å². The molecule has 0 saturated heterocycles. The lowest BCUT2D eigenvalue weighted by molar-refractivity contribution is -0.115. The smallest absolute Gasteiger partial charge is 0.239 e. The Bertz CT molecular complexity index is 586. The highest BCUT2D eigenvalue weighted by Gasteiger charge is 2.15. The van der Waals surface area contributed by atoms with Gasteiger partial charge in [-0.3, -0.25) is 10.1 Å². The molecule has 1 heterocycles. The zero-order chi connectivity index (χ0) is 14.5. The lowest BCUT2D eigenvalue weighted by atomic mass is 10.2. The number of rotatable bonds is 5. The Morgan fingerprint density at radius 1 is 1.40 bits per heavy atom. The molecule has 2 rings (SSSR count). The number of anilines is 1. The maximum absolute atomic E-state index is 12.0. The molecule has 1 aromatic heterocycles. The predicted molar refractivity (Wildman–Crippen MR) is 88.2 cm³/mol. The van der Waals surface area contributed by atoms with Crippen LogP contribution in [0.15, 0.2) is 28.7 Å². The molecule has 1 atom stereocenters. The molecule has 4 nitrogen and oxygen atoms in total. The molecule has 2 aromatic rings. The van der Waals surface area contributed by atoms with Crippen molar-refractivity contribution in [1.82, 2.24) is 10.2 Å². The molecule has 0 unspecified atom stereocenters. The van der Waals surface area contributed by atoms with Crippen molar-refractivity contribution in [2.45, 2.75) is 24.9 Å². The summed E-state index contributed by atoms with van der Waals surface area (Å²) in [7, 11) is 0. The van der Waals surface area contributed by atoms with E-state index < -0.39 is 0 Å². The molecular weight excluding hydrogens is 358 g/mol. The highest BCUT2D eigenvalue weighted by Crippen LogP contribution is 2.21. The third kappa shape index (κ3) is 4.57. The number of hydrogen-bond donors (Lipinski definition) is 1. The van der Waals surface area contributed by atoms with Crippen molar-refractivity contribution in [3.63, 3.8) is 0 Å². The number of amides is 1. The fourth-order valence-electron chi connectivity index (χ4n) is 1.43. The summed E-state index contributed by atoms with van der Waals surface area (Å²) < 4.78 is 1.06. The van der Waals surface area contributed by atoms with Crippen molar-refractivity contribution in [1.29, 1.82) is 0 Å². The molecular formula is C13H14BrN3OS2. The van der Waals surface area contributed by atoms with Crippen LogP contribution in [0.3, 0.4) is 0 Å². The first-order chi connectivity index (χ1) is 9.54. The van der Waals surface area contributed by atoms with Crippen LogP contribution in [-0.2, 0) is 10.5 Å². The second-order valence-electron chi connectivity index (χ2n) is 4.20. The summed E-state index contributed by atoms with van der Waals surface area (Å²) in [6, 6.07) is 8.11. The normalized spacial score (nSPS) is 12.2. The topological polar surface area (TPSA) is 54.9 Å². The van der Waals surface area contributed by atoms with Crippen LogP contribution in [0.25, 0.3) is 0 Å². The first kappa shape index (κ1) is 15.5. The van der Waals surface area contributed by atoms with Crippen LogP contribution in [0.2, 0.25) is 0 Å². The Morgan fingerprint density at radius 3 is 2.70 bits per heavy atom. The molecule has 1 amide bonds. The summed E-state index contributed by atoms with van der Waals surface area (Å²) in [5.74, 6) is 0.764. The largest absolute Gasteiger partial charge is 0.300 e. The predicted octanol–water partition coefficient (Wildman–Crippen LogP) is 3.87. The molecule has 0 radical (unpaired) electrons. The Morgan fingerprint density at radius 2 is 2.10 bits per heavy atom. The number of aryl methyl sites for hydroxylation is 1. The number of thioether (sulfide) groups is 1. The van der Waals surface area contributed by atoms with Gasteiger partial charge in [0.1, 0.15) is 5.01 Å². The fourth-order valence-corrected chi connectivity index (χ4v) is 3.14. The molecule has 0 aliphatic carbocycles. The standard InChI is InChI=1S/C13H14BrN3OS2/c1-8(12(18)15-13-17-16-9(2)20-13)19-7-10-3-5-11(14)6-4-10/h3-6,8H,7H2,1-2H3,(H,15,17,18)/t8-/m1/s1. The third-order valence-corrected chi connectivity index (χ3v) is 5.04. The van der Waals surface area contributed by atoms with Gasteiger partial charge < -0.3 is 0 Å². The maximum Gasteiger partial charge on any atom is 0.239 e. The zero-order valence-electron chi connectivity index (χ0n) is 11.1. The van der Waals surface area contributed by atoms with Crippen LogP contribution in [-0.4, -0.2) is 21.4 Å². The van der Waals surface area contributed by atoms with Gasteiger partial charge in [0.2, 0.25) is 11.0 Å². The molecule has 7 heteroatoms. The quantitative estimate of drug-likeness (QED) is 0.866. The minimum absolute atomic E-state index is 0.0386. The first-order valence-corrected chi connectivity index (χ1v) is 8.67. The summed E-state index contributed by atoms with van der Waals surface area (Å²) in [4.78, 5) is 12.0. The van der Waals surface area contributed by atoms with Crippen LogP contribution in [0.1, 0.15) is 17.5 Å². The molecule has 20 heavy (non-hydrogen) atoms. The van der Waals surface area contributed by atoms with E-state index in [1.54, 1.807) is 11.8 Å². The molecule has 0 bridgehead atoms. The second kappa shape index (κ2) is 7.19. The monoisotopic (exact) mass is 371 g/mol. The van der Waals surface area contributed by atoms with Crippen LogP contribution in [0.4, 0.5) is 5.13 Å². The van der Waals surface area contributed by atoms with Gasteiger partial charge in [0, 0.05) is 10.2 Å². The van der Waals surface area contributed by atoms with Crippen molar-refractivity contribution in [2.75, 3.05) is 5.32 Å². The van der Waals surface area contributed by atoms with Gasteiger partial charge in [0.15, 0.2) is 0 Å². The first-order valence-electron chi connectivity index (χ1n) is 6.01. The molecule has 0 spiro atoms. The van der Waals surface area contributed by atoms with Crippen LogP contribution >= 0.6 is 39.0 Å². The van der Waals surface area contributed by atoms with Gasteiger partial charge >= 0.3 is 0 Å². The van der Waals surface area contributed by atoms with E-state index in [1.165, 1.54) is 16.9 Å². The van der Waals surface area contributed by atoms with Crippen LogP contribution in [0.5, 0.6) is 0 Å². The van der Waals surface area contributed by atoms with Gasteiger partial charge in [-0.15, -0.1) is 22.0 Å². The summed E-state index contributed by atoms with van der Waals surface area (Å²) >= 11 is 6.38.